The maximum absolute atomic E-state index is 11.7. The van der Waals surface area contributed by atoms with Crippen molar-refractivity contribution < 1.29 is 9.90 Å². The molecule has 0 spiro atoms. The molecule has 0 aromatic carbocycles. The number of aryl methyl sites for hydroxylation is 1. The number of rotatable bonds is 2. The summed E-state index contributed by atoms with van der Waals surface area (Å²) in [5.74, 6) is 0.0556. The fourth-order valence-electron chi connectivity index (χ4n) is 1.46. The van der Waals surface area contributed by atoms with Gasteiger partial charge in [0.15, 0.2) is 0 Å². The maximum atomic E-state index is 11.7. The zero-order valence-electron chi connectivity index (χ0n) is 8.06. The van der Waals surface area contributed by atoms with Crippen molar-refractivity contribution in [1.29, 1.82) is 0 Å². The predicted octanol–water partition coefficient (Wildman–Crippen LogP) is 1.13. The van der Waals surface area contributed by atoms with E-state index in [4.69, 9.17) is 5.11 Å². The standard InChI is InChI=1S/C10H13NO2S/c1-2-8-3-4-9(14-8)10(13)11-5-7(12)6-11/h3-4,7,12H,2,5-6H2,1H3. The highest BCUT2D eigenvalue weighted by Crippen LogP contribution is 2.21. The number of thiophene rings is 1. The lowest BCUT2D eigenvalue weighted by Crippen LogP contribution is -2.53. The van der Waals surface area contributed by atoms with Gasteiger partial charge < -0.3 is 10.0 Å². The summed E-state index contributed by atoms with van der Waals surface area (Å²) in [5, 5.41) is 9.08. The second-order valence-electron chi connectivity index (χ2n) is 3.48. The van der Waals surface area contributed by atoms with Crippen LogP contribution in [0.2, 0.25) is 0 Å². The van der Waals surface area contributed by atoms with Gasteiger partial charge in [-0.05, 0) is 18.6 Å². The van der Waals surface area contributed by atoms with Crippen LogP contribution in [0.5, 0.6) is 0 Å². The van der Waals surface area contributed by atoms with E-state index in [1.165, 1.54) is 4.88 Å². The van der Waals surface area contributed by atoms with E-state index in [2.05, 4.69) is 6.92 Å². The molecule has 76 valence electrons. The molecule has 3 nitrogen and oxygen atoms in total. The lowest BCUT2D eigenvalue weighted by atomic mass is 10.1. The third kappa shape index (κ3) is 1.67. The van der Waals surface area contributed by atoms with Gasteiger partial charge in [0.2, 0.25) is 0 Å². The van der Waals surface area contributed by atoms with Crippen LogP contribution in [-0.2, 0) is 6.42 Å². The maximum Gasteiger partial charge on any atom is 0.264 e. The molecule has 1 aliphatic heterocycles. The van der Waals surface area contributed by atoms with E-state index in [0.717, 1.165) is 11.3 Å². The summed E-state index contributed by atoms with van der Waals surface area (Å²) in [7, 11) is 0. The lowest BCUT2D eigenvalue weighted by molar-refractivity contribution is 0.00623. The van der Waals surface area contributed by atoms with E-state index in [9.17, 15) is 4.79 Å². The van der Waals surface area contributed by atoms with Crippen molar-refractivity contribution in [2.75, 3.05) is 13.1 Å². The first-order valence-corrected chi connectivity index (χ1v) is 5.58. The van der Waals surface area contributed by atoms with Crippen LogP contribution in [0, 0.1) is 0 Å². The Kier molecular flexibility index (Phi) is 2.56. The summed E-state index contributed by atoms with van der Waals surface area (Å²) in [6, 6.07) is 3.87. The van der Waals surface area contributed by atoms with Gasteiger partial charge in [-0.3, -0.25) is 4.79 Å². The average molecular weight is 211 g/mol. The van der Waals surface area contributed by atoms with Crippen molar-refractivity contribution in [1.82, 2.24) is 4.90 Å². The SMILES string of the molecule is CCc1ccc(C(=O)N2CC(O)C2)s1. The average Bonchev–Trinajstić information content (AvgIpc) is 2.60. The van der Waals surface area contributed by atoms with Crippen molar-refractivity contribution in [3.63, 3.8) is 0 Å². The van der Waals surface area contributed by atoms with Crippen LogP contribution in [-0.4, -0.2) is 35.1 Å². The third-order valence-corrected chi connectivity index (χ3v) is 3.59. The molecule has 4 heteroatoms. The summed E-state index contributed by atoms with van der Waals surface area (Å²) in [6.07, 6.45) is 0.658. The summed E-state index contributed by atoms with van der Waals surface area (Å²) < 4.78 is 0. The Labute approximate surface area is 87.0 Å². The number of β-amino-alcohol motifs (C(OH)–C–C–N with tert-alkyl or cyclic N) is 1. The highest BCUT2D eigenvalue weighted by Gasteiger charge is 2.29. The molecule has 0 radical (unpaired) electrons. The Bertz CT molecular complexity index is 342. The molecule has 2 heterocycles. The Hall–Kier alpha value is -0.870. The fourth-order valence-corrected chi connectivity index (χ4v) is 2.38. The minimum absolute atomic E-state index is 0.0556. The van der Waals surface area contributed by atoms with Crippen LogP contribution in [0.25, 0.3) is 0 Å². The number of aliphatic hydroxyl groups excluding tert-OH is 1. The molecule has 0 bridgehead atoms. The normalized spacial score (nSPS) is 16.9. The molecule has 1 N–H and O–H groups in total. The summed E-state index contributed by atoms with van der Waals surface area (Å²) in [5.41, 5.74) is 0. The molecule has 1 saturated heterocycles. The van der Waals surface area contributed by atoms with Crippen molar-refractivity contribution in [2.24, 2.45) is 0 Å². The van der Waals surface area contributed by atoms with Gasteiger partial charge in [-0.1, -0.05) is 6.92 Å². The van der Waals surface area contributed by atoms with Gasteiger partial charge in [0, 0.05) is 18.0 Å². The van der Waals surface area contributed by atoms with Gasteiger partial charge in [-0.25, -0.2) is 0 Å². The Morgan fingerprint density at radius 3 is 2.86 bits per heavy atom. The molecule has 2 rings (SSSR count). The monoisotopic (exact) mass is 211 g/mol. The van der Waals surface area contributed by atoms with Crippen LogP contribution < -0.4 is 0 Å². The summed E-state index contributed by atoms with van der Waals surface area (Å²) in [4.78, 5) is 15.4. The van der Waals surface area contributed by atoms with Crippen molar-refractivity contribution >= 4 is 17.2 Å². The van der Waals surface area contributed by atoms with Gasteiger partial charge in [0.25, 0.3) is 5.91 Å². The van der Waals surface area contributed by atoms with Crippen molar-refractivity contribution in [3.05, 3.63) is 21.9 Å². The topological polar surface area (TPSA) is 40.5 Å². The number of likely N-dealkylation sites (tertiary alicyclic amines) is 1. The molecule has 14 heavy (non-hydrogen) atoms. The smallest absolute Gasteiger partial charge is 0.264 e. The van der Waals surface area contributed by atoms with Crippen molar-refractivity contribution in [3.8, 4) is 0 Å². The molecular weight excluding hydrogens is 198 g/mol. The van der Waals surface area contributed by atoms with Gasteiger partial charge in [0.1, 0.15) is 0 Å². The minimum atomic E-state index is -0.315. The van der Waals surface area contributed by atoms with E-state index in [-0.39, 0.29) is 12.0 Å². The largest absolute Gasteiger partial charge is 0.389 e. The Morgan fingerprint density at radius 1 is 1.64 bits per heavy atom. The Morgan fingerprint density at radius 2 is 2.36 bits per heavy atom. The molecule has 1 amide bonds. The number of carbonyl (C=O) groups excluding carboxylic acids is 1. The van der Waals surface area contributed by atoms with Crippen LogP contribution in [0.4, 0.5) is 0 Å². The minimum Gasteiger partial charge on any atom is -0.389 e. The van der Waals surface area contributed by atoms with Gasteiger partial charge in [-0.15, -0.1) is 11.3 Å². The second-order valence-corrected chi connectivity index (χ2v) is 4.65. The first-order chi connectivity index (χ1) is 6.70. The fraction of sp³-hybridized carbons (Fsp3) is 0.500. The Balaban J connectivity index is 2.04. The molecule has 0 atom stereocenters. The van der Waals surface area contributed by atoms with Crippen LogP contribution in [0.3, 0.4) is 0 Å². The van der Waals surface area contributed by atoms with E-state index in [0.29, 0.717) is 13.1 Å². The van der Waals surface area contributed by atoms with E-state index < -0.39 is 0 Å². The number of amides is 1. The lowest BCUT2D eigenvalue weighted by Gasteiger charge is -2.35. The molecular formula is C10H13NO2S. The molecule has 1 fully saturated rings. The molecule has 0 saturated carbocycles. The number of aliphatic hydroxyl groups is 1. The van der Waals surface area contributed by atoms with Crippen LogP contribution in [0.1, 0.15) is 21.5 Å². The summed E-state index contributed by atoms with van der Waals surface area (Å²) in [6.45, 7) is 3.05. The first kappa shape index (κ1) is 9.68. The van der Waals surface area contributed by atoms with Crippen molar-refractivity contribution in [2.45, 2.75) is 19.4 Å². The first-order valence-electron chi connectivity index (χ1n) is 4.76. The third-order valence-electron chi connectivity index (χ3n) is 2.37. The highest BCUT2D eigenvalue weighted by molar-refractivity contribution is 7.14. The molecule has 1 aliphatic rings. The van der Waals surface area contributed by atoms with Gasteiger partial charge >= 0.3 is 0 Å². The van der Waals surface area contributed by atoms with E-state index in [1.54, 1.807) is 16.2 Å². The van der Waals surface area contributed by atoms with Crippen LogP contribution in [0.15, 0.2) is 12.1 Å². The molecule has 0 unspecified atom stereocenters. The zero-order chi connectivity index (χ0) is 10.1. The zero-order valence-corrected chi connectivity index (χ0v) is 8.88. The van der Waals surface area contributed by atoms with E-state index in [1.807, 2.05) is 12.1 Å². The highest BCUT2D eigenvalue weighted by atomic mass is 32.1. The molecule has 1 aromatic heterocycles. The molecule has 0 aliphatic carbocycles. The van der Waals surface area contributed by atoms with Gasteiger partial charge in [0.05, 0.1) is 11.0 Å². The predicted molar refractivity (Wildman–Crippen MR) is 55.6 cm³/mol. The number of hydrogen-bond acceptors (Lipinski definition) is 3. The van der Waals surface area contributed by atoms with Gasteiger partial charge in [-0.2, -0.15) is 0 Å². The van der Waals surface area contributed by atoms with E-state index >= 15 is 0 Å². The number of nitrogens with zero attached hydrogens (tertiary/aromatic N) is 1. The summed E-state index contributed by atoms with van der Waals surface area (Å²) >= 11 is 1.55. The molecule has 1 aromatic rings. The second kappa shape index (κ2) is 3.71. The quantitative estimate of drug-likeness (QED) is 0.796. The van der Waals surface area contributed by atoms with Crippen LogP contribution >= 0.6 is 11.3 Å². The number of hydrogen-bond donors (Lipinski definition) is 1. The number of carbonyl (C=O) groups is 1.